The molecule has 0 rings (SSSR count). The van der Waals surface area contributed by atoms with Gasteiger partial charge in [0, 0.05) is 44.8 Å². The van der Waals surface area contributed by atoms with Crippen LogP contribution in [0.25, 0.3) is 0 Å². The molecule has 21 heavy (non-hydrogen) atoms. The third-order valence-electron chi connectivity index (χ3n) is 2.66. The summed E-state index contributed by atoms with van der Waals surface area (Å²) in [5.74, 6) is 0. The van der Waals surface area contributed by atoms with Gasteiger partial charge >= 0.3 is 14.8 Å². The zero-order chi connectivity index (χ0) is 16.1. The van der Waals surface area contributed by atoms with Gasteiger partial charge in [-0.3, -0.25) is 4.90 Å². The second kappa shape index (κ2) is 11.5. The lowest BCUT2D eigenvalue weighted by Crippen LogP contribution is -2.46. The molecular weight excluding hydrogens is 288 g/mol. The molecule has 1 N–H and O–H groups in total. The van der Waals surface area contributed by atoms with Crippen LogP contribution >= 0.6 is 0 Å². The van der Waals surface area contributed by atoms with Crippen molar-refractivity contribution >= 4 is 14.8 Å². The molecule has 6 nitrogen and oxygen atoms in total. The van der Waals surface area contributed by atoms with Gasteiger partial charge in [0.1, 0.15) is 0 Å². The zero-order valence-corrected chi connectivity index (χ0v) is 14.4. The van der Waals surface area contributed by atoms with Crippen LogP contribution in [0, 0.1) is 0 Å². The van der Waals surface area contributed by atoms with Crippen molar-refractivity contribution in [2.75, 3.05) is 26.4 Å². The molecule has 0 atom stereocenters. The van der Waals surface area contributed by atoms with Gasteiger partial charge < -0.3 is 18.6 Å². The lowest BCUT2D eigenvalue weighted by molar-refractivity contribution is 0.0708. The Morgan fingerprint density at radius 3 is 1.95 bits per heavy atom. The quantitative estimate of drug-likeness (QED) is 0.444. The summed E-state index contributed by atoms with van der Waals surface area (Å²) in [5, 5.41) is 2.78. The highest BCUT2D eigenvalue weighted by Gasteiger charge is 2.39. The number of carbonyl (C=O) groups excluding carboxylic acids is 1. The predicted molar refractivity (Wildman–Crippen MR) is 85.7 cm³/mol. The molecular formula is C14H28N2O4Si. The summed E-state index contributed by atoms with van der Waals surface area (Å²) in [7, 11) is -2.62. The standard InChI is InChI=1S/C14H28N2O4Si/c1-6-16(7-2)14(17)15-12-11-13-21(18-8-3,19-9-4)20-10-5/h6-7H,1-2,8-13H2,3-5H3,(H,15,17). The Balaban J connectivity index is 4.32. The van der Waals surface area contributed by atoms with E-state index in [1.165, 1.54) is 17.3 Å². The lowest BCUT2D eigenvalue weighted by Gasteiger charge is -2.28. The molecule has 0 aliphatic carbocycles. The maximum Gasteiger partial charge on any atom is 0.500 e. The Bertz CT molecular complexity index is 301. The van der Waals surface area contributed by atoms with Gasteiger partial charge in [-0.2, -0.15) is 0 Å². The fourth-order valence-corrected chi connectivity index (χ4v) is 4.45. The van der Waals surface area contributed by atoms with Crippen LogP contribution in [0.4, 0.5) is 4.79 Å². The van der Waals surface area contributed by atoms with E-state index in [9.17, 15) is 4.79 Å². The number of rotatable bonds is 12. The Morgan fingerprint density at radius 2 is 1.57 bits per heavy atom. The lowest BCUT2D eigenvalue weighted by atomic mass is 10.5. The van der Waals surface area contributed by atoms with Crippen LogP contribution in [0.2, 0.25) is 6.04 Å². The maximum absolute atomic E-state index is 11.7. The maximum atomic E-state index is 11.7. The monoisotopic (exact) mass is 316 g/mol. The first-order valence-corrected chi connectivity index (χ1v) is 9.25. The fourth-order valence-electron chi connectivity index (χ4n) is 1.83. The highest BCUT2D eigenvalue weighted by atomic mass is 28.4. The average molecular weight is 316 g/mol. The molecule has 0 fully saturated rings. The molecule has 0 aliphatic rings. The van der Waals surface area contributed by atoms with Crippen molar-refractivity contribution in [1.82, 2.24) is 10.2 Å². The van der Waals surface area contributed by atoms with E-state index in [-0.39, 0.29) is 6.03 Å². The summed E-state index contributed by atoms with van der Waals surface area (Å²) in [4.78, 5) is 13.0. The van der Waals surface area contributed by atoms with Gasteiger partial charge in [0.25, 0.3) is 0 Å². The largest absolute Gasteiger partial charge is 0.500 e. The minimum atomic E-state index is -2.62. The van der Waals surface area contributed by atoms with E-state index in [1.54, 1.807) is 0 Å². The van der Waals surface area contributed by atoms with Gasteiger partial charge in [-0.15, -0.1) is 0 Å². The highest BCUT2D eigenvalue weighted by molar-refractivity contribution is 6.60. The SMILES string of the molecule is C=CN(C=C)C(=O)NCCC[Si](OCC)(OCC)OCC. The van der Waals surface area contributed by atoms with Crippen molar-refractivity contribution in [3.63, 3.8) is 0 Å². The fraction of sp³-hybridized carbons (Fsp3) is 0.643. The number of nitrogens with zero attached hydrogens (tertiary/aromatic N) is 1. The van der Waals surface area contributed by atoms with Gasteiger partial charge in [0.15, 0.2) is 0 Å². The van der Waals surface area contributed by atoms with Gasteiger partial charge in [-0.05, 0) is 27.2 Å². The zero-order valence-electron chi connectivity index (χ0n) is 13.4. The second-order valence-corrected chi connectivity index (χ2v) is 6.82. The van der Waals surface area contributed by atoms with Crippen molar-refractivity contribution < 1.29 is 18.1 Å². The molecule has 0 heterocycles. The van der Waals surface area contributed by atoms with E-state index in [0.717, 1.165) is 6.42 Å². The van der Waals surface area contributed by atoms with Crippen molar-refractivity contribution in [2.45, 2.75) is 33.2 Å². The average Bonchev–Trinajstić information content (AvgIpc) is 2.46. The summed E-state index contributed by atoms with van der Waals surface area (Å²) in [6, 6.07) is 0.418. The van der Waals surface area contributed by atoms with Crippen molar-refractivity contribution in [3.8, 4) is 0 Å². The van der Waals surface area contributed by atoms with Crippen LogP contribution in [0.3, 0.4) is 0 Å². The van der Waals surface area contributed by atoms with E-state index >= 15 is 0 Å². The van der Waals surface area contributed by atoms with Crippen LogP contribution < -0.4 is 5.32 Å². The van der Waals surface area contributed by atoms with Crippen LogP contribution in [0.5, 0.6) is 0 Å². The van der Waals surface area contributed by atoms with Crippen molar-refractivity contribution in [1.29, 1.82) is 0 Å². The Hall–Kier alpha value is -1.15. The van der Waals surface area contributed by atoms with Crippen LogP contribution in [0.1, 0.15) is 27.2 Å². The Labute approximate surface area is 129 Å². The van der Waals surface area contributed by atoms with Gasteiger partial charge in [-0.1, -0.05) is 13.2 Å². The molecule has 0 aromatic rings. The number of hydrogen-bond donors (Lipinski definition) is 1. The summed E-state index contributed by atoms with van der Waals surface area (Å²) >= 11 is 0. The van der Waals surface area contributed by atoms with Gasteiger partial charge in [-0.25, -0.2) is 4.79 Å². The first kappa shape index (κ1) is 19.8. The topological polar surface area (TPSA) is 60.0 Å². The molecule has 0 saturated heterocycles. The third-order valence-corrected chi connectivity index (χ3v) is 5.81. The molecule has 0 aliphatic heterocycles. The first-order valence-electron chi connectivity index (χ1n) is 7.32. The molecule has 0 saturated carbocycles. The number of amides is 2. The second-order valence-electron chi connectivity index (χ2n) is 4.09. The van der Waals surface area contributed by atoms with Crippen molar-refractivity contribution in [3.05, 3.63) is 25.6 Å². The van der Waals surface area contributed by atoms with Crippen LogP contribution in [-0.4, -0.2) is 46.1 Å². The van der Waals surface area contributed by atoms with Gasteiger partial charge in [0.2, 0.25) is 0 Å². The van der Waals surface area contributed by atoms with E-state index in [4.69, 9.17) is 13.3 Å². The summed E-state index contributed by atoms with van der Waals surface area (Å²) in [6.07, 6.45) is 3.53. The van der Waals surface area contributed by atoms with Crippen LogP contribution in [-0.2, 0) is 13.3 Å². The Kier molecular flexibility index (Phi) is 10.9. The summed E-state index contributed by atoms with van der Waals surface area (Å²) in [6.45, 7) is 15.0. The number of carbonyl (C=O) groups is 1. The summed E-state index contributed by atoms with van der Waals surface area (Å²) in [5.41, 5.74) is 0. The molecule has 0 aromatic heterocycles. The molecule has 0 unspecified atom stereocenters. The number of nitrogens with one attached hydrogen (secondary N) is 1. The van der Waals surface area contributed by atoms with E-state index in [2.05, 4.69) is 18.5 Å². The van der Waals surface area contributed by atoms with Crippen molar-refractivity contribution in [2.24, 2.45) is 0 Å². The Morgan fingerprint density at radius 1 is 1.10 bits per heavy atom. The van der Waals surface area contributed by atoms with Crippen LogP contribution in [0.15, 0.2) is 25.6 Å². The summed E-state index contributed by atoms with van der Waals surface area (Å²) < 4.78 is 17.2. The molecule has 0 aromatic carbocycles. The smallest absolute Gasteiger partial charge is 0.374 e. The normalized spacial score (nSPS) is 11.0. The molecule has 122 valence electrons. The van der Waals surface area contributed by atoms with Gasteiger partial charge in [0.05, 0.1) is 0 Å². The molecule has 7 heteroatoms. The highest BCUT2D eigenvalue weighted by Crippen LogP contribution is 2.17. The minimum Gasteiger partial charge on any atom is -0.374 e. The van der Waals surface area contributed by atoms with E-state index < -0.39 is 8.80 Å². The minimum absolute atomic E-state index is 0.253. The molecule has 0 spiro atoms. The van der Waals surface area contributed by atoms with E-state index in [1.807, 2.05) is 20.8 Å². The number of hydrogen-bond acceptors (Lipinski definition) is 4. The molecule has 0 bridgehead atoms. The first-order chi connectivity index (χ1) is 10.1. The molecule has 0 radical (unpaired) electrons. The van der Waals surface area contributed by atoms with E-state index in [0.29, 0.717) is 32.4 Å². The predicted octanol–water partition coefficient (Wildman–Crippen LogP) is 2.72. The molecule has 2 amide bonds. The number of urea groups is 1. The third kappa shape index (κ3) is 7.42.